The van der Waals surface area contributed by atoms with Crippen molar-refractivity contribution in [1.29, 1.82) is 0 Å². The van der Waals surface area contributed by atoms with Gasteiger partial charge in [-0.15, -0.1) is 5.48 Å². The predicted molar refractivity (Wildman–Crippen MR) is 15.3 cm³/mol. The summed E-state index contributed by atoms with van der Waals surface area (Å²) in [5.41, 5.74) is 1.47. The van der Waals surface area contributed by atoms with Crippen molar-refractivity contribution in [3.63, 3.8) is 0 Å². The second-order valence-electron chi connectivity index (χ2n) is 0.391. The van der Waals surface area contributed by atoms with Gasteiger partial charge in [0.1, 0.15) is 0 Å². The quantitative estimate of drug-likeness (QED) is 0.141. The smallest absolute Gasteiger partial charge is 0.262 e. The first-order valence-corrected chi connectivity index (χ1v) is 1.01. The van der Waals surface area contributed by atoms with Crippen LogP contribution in [0, 0.1) is 5.21 Å². The molecule has 4 nitrogen and oxygen atoms in total. The monoisotopic (exact) mass is 76.0 g/mol. The minimum Gasteiger partial charge on any atom is -0.717 e. The Balaban J connectivity index is 2.62. The molecule has 30 valence electrons. The molecule has 0 fully saturated rings. The van der Waals surface area contributed by atoms with E-state index in [1.165, 1.54) is 10.6 Å². The largest absolute Gasteiger partial charge is 0.717 e. The van der Waals surface area contributed by atoms with E-state index in [0.29, 0.717) is 0 Å². The molecule has 4 heteroatoms. The van der Waals surface area contributed by atoms with Crippen molar-refractivity contribution in [2.45, 2.75) is 0 Å². The minimum absolute atomic E-state index is 0.750. The van der Waals surface area contributed by atoms with Gasteiger partial charge >= 0.3 is 0 Å². The van der Waals surface area contributed by atoms with Crippen LogP contribution in [0.3, 0.4) is 0 Å². The maximum absolute atomic E-state index is 9.00. The van der Waals surface area contributed by atoms with Crippen LogP contribution < -0.4 is 10.6 Å². The molecular formula is CH4N2O2. The number of hydrogen-bond donors (Lipinski definition) is 3. The molecule has 0 radical (unpaired) electrons. The molecule has 0 aromatic heterocycles. The van der Waals surface area contributed by atoms with Gasteiger partial charge in [-0.2, -0.15) is 0 Å². The van der Waals surface area contributed by atoms with Crippen LogP contribution in [0.2, 0.25) is 0 Å². The van der Waals surface area contributed by atoms with E-state index in [0.717, 1.165) is 6.34 Å². The first-order chi connectivity index (χ1) is 2.41. The SMILES string of the molecule is [O-][NH+]=CNO. The number of hydroxylamine groups is 1. The zero-order valence-electron chi connectivity index (χ0n) is 2.43. The summed E-state index contributed by atoms with van der Waals surface area (Å²) < 4.78 is 0. The lowest BCUT2D eigenvalue weighted by molar-refractivity contribution is -0.372. The summed E-state index contributed by atoms with van der Waals surface area (Å²) >= 11 is 0. The zero-order valence-corrected chi connectivity index (χ0v) is 2.43. The summed E-state index contributed by atoms with van der Waals surface area (Å²) in [6.45, 7) is 0. The molecular weight excluding hydrogens is 72.0 g/mol. The molecule has 0 aromatic rings. The van der Waals surface area contributed by atoms with E-state index in [1.807, 2.05) is 0 Å². The van der Waals surface area contributed by atoms with Gasteiger partial charge < -0.3 is 5.21 Å². The molecule has 0 aromatic carbocycles. The summed E-state index contributed by atoms with van der Waals surface area (Å²) in [5, 5.41) is 17.8. The van der Waals surface area contributed by atoms with Gasteiger partial charge in [0.2, 0.25) is 0 Å². The van der Waals surface area contributed by atoms with E-state index >= 15 is 0 Å². The fraction of sp³-hybridized carbons (Fsp3) is 0. The fourth-order valence-corrected chi connectivity index (χ4v) is 0.0264. The van der Waals surface area contributed by atoms with Crippen LogP contribution in [0.15, 0.2) is 0 Å². The highest BCUT2D eigenvalue weighted by atomic mass is 16.5. The summed E-state index contributed by atoms with van der Waals surface area (Å²) in [4.78, 5) is 0. The lowest BCUT2D eigenvalue weighted by Gasteiger charge is -1.76. The zero-order chi connectivity index (χ0) is 4.12. The second kappa shape index (κ2) is 3.23. The molecule has 0 amide bonds. The molecule has 0 bridgehead atoms. The summed E-state index contributed by atoms with van der Waals surface area (Å²) in [6.07, 6.45) is 0.750. The molecule has 5 heavy (non-hydrogen) atoms. The van der Waals surface area contributed by atoms with Crippen LogP contribution in [0.4, 0.5) is 0 Å². The standard InChI is InChI=1S/CH4N2O2/c4-2-1-3-5/h1-4H. The van der Waals surface area contributed by atoms with Crippen LogP contribution in [0.1, 0.15) is 0 Å². The Labute approximate surface area is 28.7 Å². The van der Waals surface area contributed by atoms with Crippen LogP contribution >= 0.6 is 0 Å². The average Bonchev–Trinajstić information content (AvgIpc) is 1.41. The van der Waals surface area contributed by atoms with Crippen molar-refractivity contribution in [3.8, 4) is 0 Å². The second-order valence-corrected chi connectivity index (χ2v) is 0.391. The van der Waals surface area contributed by atoms with Crippen molar-refractivity contribution in [3.05, 3.63) is 5.21 Å². The Bertz CT molecular complexity index is 34.6. The number of rotatable bonds is 1. The van der Waals surface area contributed by atoms with Gasteiger partial charge in [0, 0.05) is 0 Å². The molecule has 0 rings (SSSR count). The number of nitrogens with one attached hydrogen (secondary N) is 2. The molecule has 0 aliphatic rings. The van der Waals surface area contributed by atoms with Crippen LogP contribution in [0.5, 0.6) is 0 Å². The van der Waals surface area contributed by atoms with Gasteiger partial charge in [-0.3, -0.25) is 5.16 Å². The van der Waals surface area contributed by atoms with Crippen LogP contribution in [-0.4, -0.2) is 11.5 Å². The van der Waals surface area contributed by atoms with Crippen LogP contribution in [0.25, 0.3) is 0 Å². The Kier molecular flexibility index (Phi) is 2.73. The lowest BCUT2D eigenvalue weighted by Crippen LogP contribution is -2.62. The van der Waals surface area contributed by atoms with Gasteiger partial charge in [-0.1, -0.05) is 0 Å². The number of hydrogen-bond acceptors (Lipinski definition) is 2. The Morgan fingerprint density at radius 1 is 2.00 bits per heavy atom. The molecule has 0 aliphatic carbocycles. The van der Waals surface area contributed by atoms with Gasteiger partial charge in [0.15, 0.2) is 0 Å². The molecule has 0 unspecified atom stereocenters. The van der Waals surface area contributed by atoms with Crippen molar-refractivity contribution in [2.75, 3.05) is 0 Å². The van der Waals surface area contributed by atoms with Crippen molar-refractivity contribution in [2.24, 2.45) is 0 Å². The van der Waals surface area contributed by atoms with E-state index in [-0.39, 0.29) is 0 Å². The van der Waals surface area contributed by atoms with Gasteiger partial charge in [-0.25, -0.2) is 5.21 Å². The summed E-state index contributed by atoms with van der Waals surface area (Å²) in [7, 11) is 0. The first kappa shape index (κ1) is 4.23. The molecule has 3 N–H and O–H groups in total. The Hall–Kier alpha value is -0.770. The summed E-state index contributed by atoms with van der Waals surface area (Å²) in [5.74, 6) is 0. The predicted octanol–water partition coefficient (Wildman–Crippen LogP) is -2.43. The third-order valence-corrected chi connectivity index (χ3v) is 0.123. The van der Waals surface area contributed by atoms with Gasteiger partial charge in [-0.05, 0) is 0 Å². The van der Waals surface area contributed by atoms with E-state index < -0.39 is 0 Å². The molecule has 0 atom stereocenters. The van der Waals surface area contributed by atoms with Crippen molar-refractivity contribution >= 4 is 6.34 Å². The molecule has 0 saturated carbocycles. The highest BCUT2D eigenvalue weighted by Gasteiger charge is 1.54. The normalized spacial score (nSPS) is 9.00. The minimum atomic E-state index is 0.750. The molecule has 0 aliphatic heterocycles. The molecule has 0 spiro atoms. The topological polar surface area (TPSA) is 69.3 Å². The maximum atomic E-state index is 9.00. The van der Waals surface area contributed by atoms with Gasteiger partial charge in [0.05, 0.1) is 0 Å². The first-order valence-electron chi connectivity index (χ1n) is 1.01. The van der Waals surface area contributed by atoms with Crippen molar-refractivity contribution in [1.82, 2.24) is 5.48 Å². The Morgan fingerprint density at radius 2 is 2.60 bits per heavy atom. The van der Waals surface area contributed by atoms with E-state index in [4.69, 9.17) is 10.4 Å². The lowest BCUT2D eigenvalue weighted by atomic mass is 11.4. The highest BCUT2D eigenvalue weighted by molar-refractivity contribution is 5.44. The molecule has 0 saturated heterocycles. The van der Waals surface area contributed by atoms with Crippen LogP contribution in [-0.2, 0) is 0 Å². The van der Waals surface area contributed by atoms with E-state index in [2.05, 4.69) is 0 Å². The molecule has 0 heterocycles. The summed E-state index contributed by atoms with van der Waals surface area (Å²) in [6, 6.07) is 0. The Morgan fingerprint density at radius 3 is 2.60 bits per heavy atom. The van der Waals surface area contributed by atoms with Crippen molar-refractivity contribution < 1.29 is 10.4 Å². The maximum Gasteiger partial charge on any atom is 0.262 e. The van der Waals surface area contributed by atoms with E-state index in [1.54, 1.807) is 0 Å². The average molecular weight is 76.1 g/mol. The highest BCUT2D eigenvalue weighted by Crippen LogP contribution is 1.02. The van der Waals surface area contributed by atoms with Gasteiger partial charge in [0.25, 0.3) is 6.34 Å². The van der Waals surface area contributed by atoms with E-state index in [9.17, 15) is 0 Å². The fourth-order valence-electron chi connectivity index (χ4n) is 0.0264. The third kappa shape index (κ3) is 3.23. The third-order valence-electron chi connectivity index (χ3n) is 0.123.